The first-order valence-corrected chi connectivity index (χ1v) is 6.38. The fourth-order valence-electron chi connectivity index (χ4n) is 2.51. The molecule has 94 valence electrons. The van der Waals surface area contributed by atoms with Crippen molar-refractivity contribution < 1.29 is 0 Å². The normalized spacial score (nSPS) is 21.9. The van der Waals surface area contributed by atoms with Crippen molar-refractivity contribution >= 4 is 5.82 Å². The molecule has 1 aromatic heterocycles. The van der Waals surface area contributed by atoms with Crippen LogP contribution in [0, 0.1) is 11.3 Å². The molecular formula is C14H23N3. The van der Waals surface area contributed by atoms with Crippen LogP contribution in [-0.2, 0) is 6.54 Å². The lowest BCUT2D eigenvalue weighted by molar-refractivity contribution is 0.226. The molecule has 0 aliphatic carbocycles. The molecule has 1 aromatic rings. The molecule has 2 rings (SSSR count). The third kappa shape index (κ3) is 2.97. The van der Waals surface area contributed by atoms with Crippen LogP contribution < -0.4 is 5.73 Å². The second-order valence-corrected chi connectivity index (χ2v) is 6.13. The van der Waals surface area contributed by atoms with E-state index < -0.39 is 0 Å². The van der Waals surface area contributed by atoms with Gasteiger partial charge in [-0.2, -0.15) is 0 Å². The van der Waals surface area contributed by atoms with E-state index in [1.807, 2.05) is 6.07 Å². The van der Waals surface area contributed by atoms with Crippen LogP contribution in [0.25, 0.3) is 0 Å². The Hall–Kier alpha value is -1.09. The lowest BCUT2D eigenvalue weighted by Crippen LogP contribution is -2.26. The Labute approximate surface area is 104 Å². The number of pyridine rings is 1. The van der Waals surface area contributed by atoms with Gasteiger partial charge < -0.3 is 5.73 Å². The summed E-state index contributed by atoms with van der Waals surface area (Å²) in [5, 5.41) is 0. The van der Waals surface area contributed by atoms with Gasteiger partial charge in [0.25, 0.3) is 0 Å². The molecule has 17 heavy (non-hydrogen) atoms. The summed E-state index contributed by atoms with van der Waals surface area (Å²) < 4.78 is 0. The minimum absolute atomic E-state index is 0.412. The minimum Gasteiger partial charge on any atom is -0.383 e. The predicted octanol–water partition coefficient (Wildman–Crippen LogP) is 2.53. The summed E-state index contributed by atoms with van der Waals surface area (Å²) >= 11 is 0. The number of rotatable bonds is 2. The van der Waals surface area contributed by atoms with Crippen molar-refractivity contribution in [3.8, 4) is 0 Å². The van der Waals surface area contributed by atoms with Crippen LogP contribution in [-0.4, -0.2) is 23.0 Å². The molecule has 0 spiro atoms. The summed E-state index contributed by atoms with van der Waals surface area (Å²) in [6, 6.07) is 4.04. The van der Waals surface area contributed by atoms with E-state index in [0.29, 0.717) is 11.2 Å². The van der Waals surface area contributed by atoms with Crippen molar-refractivity contribution in [3.63, 3.8) is 0 Å². The molecule has 1 fully saturated rings. The van der Waals surface area contributed by atoms with E-state index in [4.69, 9.17) is 5.73 Å². The summed E-state index contributed by atoms with van der Waals surface area (Å²) in [6.07, 6.45) is 3.05. The van der Waals surface area contributed by atoms with E-state index in [2.05, 4.69) is 36.7 Å². The summed E-state index contributed by atoms with van der Waals surface area (Å²) in [5.41, 5.74) is 7.45. The second-order valence-electron chi connectivity index (χ2n) is 6.13. The third-order valence-corrected chi connectivity index (χ3v) is 3.82. The van der Waals surface area contributed by atoms with Gasteiger partial charge in [0.15, 0.2) is 0 Å². The Balaban J connectivity index is 1.97. The monoisotopic (exact) mass is 233 g/mol. The molecule has 1 aliphatic heterocycles. The van der Waals surface area contributed by atoms with Gasteiger partial charge in [0, 0.05) is 24.8 Å². The maximum Gasteiger partial charge on any atom is 0.127 e. The van der Waals surface area contributed by atoms with Gasteiger partial charge in [0.1, 0.15) is 5.82 Å². The van der Waals surface area contributed by atoms with Crippen molar-refractivity contribution in [3.05, 3.63) is 23.9 Å². The maximum atomic E-state index is 5.88. The Bertz CT molecular complexity index is 381. The highest BCUT2D eigenvalue weighted by Gasteiger charge is 2.31. The topological polar surface area (TPSA) is 42.2 Å². The van der Waals surface area contributed by atoms with Crippen LogP contribution in [0.15, 0.2) is 18.3 Å². The summed E-state index contributed by atoms with van der Waals surface area (Å²) in [6.45, 7) is 10.3. The van der Waals surface area contributed by atoms with Gasteiger partial charge in [0.05, 0.1) is 0 Å². The molecule has 2 N–H and O–H groups in total. The quantitative estimate of drug-likeness (QED) is 0.853. The van der Waals surface area contributed by atoms with Crippen LogP contribution in [0.4, 0.5) is 5.82 Å². The number of nitrogen functional groups attached to an aromatic ring is 1. The van der Waals surface area contributed by atoms with Crippen molar-refractivity contribution in [2.75, 3.05) is 18.8 Å². The largest absolute Gasteiger partial charge is 0.383 e. The summed E-state index contributed by atoms with van der Waals surface area (Å²) in [5.74, 6) is 1.46. The Morgan fingerprint density at radius 2 is 2.24 bits per heavy atom. The maximum absolute atomic E-state index is 5.88. The number of hydrogen-bond acceptors (Lipinski definition) is 3. The number of aromatic nitrogens is 1. The van der Waals surface area contributed by atoms with E-state index in [0.717, 1.165) is 18.0 Å². The van der Waals surface area contributed by atoms with Crippen LogP contribution in [0.5, 0.6) is 0 Å². The first-order chi connectivity index (χ1) is 7.97. The first kappa shape index (κ1) is 12.4. The summed E-state index contributed by atoms with van der Waals surface area (Å²) in [7, 11) is 0. The van der Waals surface area contributed by atoms with Gasteiger partial charge in [-0.15, -0.1) is 0 Å². The zero-order chi connectivity index (χ0) is 12.5. The molecule has 1 atom stereocenters. The highest BCUT2D eigenvalue weighted by atomic mass is 15.1. The smallest absolute Gasteiger partial charge is 0.127 e. The van der Waals surface area contributed by atoms with E-state index >= 15 is 0 Å². The molecule has 0 aromatic carbocycles. The highest BCUT2D eigenvalue weighted by molar-refractivity contribution is 5.38. The predicted molar refractivity (Wildman–Crippen MR) is 71.5 cm³/mol. The van der Waals surface area contributed by atoms with E-state index in [-0.39, 0.29) is 0 Å². The molecule has 0 saturated carbocycles. The first-order valence-electron chi connectivity index (χ1n) is 6.38. The van der Waals surface area contributed by atoms with Gasteiger partial charge in [-0.1, -0.05) is 26.8 Å². The number of likely N-dealkylation sites (tertiary alicyclic amines) is 1. The lowest BCUT2D eigenvalue weighted by atomic mass is 9.80. The second kappa shape index (κ2) is 4.65. The van der Waals surface area contributed by atoms with E-state index in [9.17, 15) is 0 Å². The Morgan fingerprint density at radius 3 is 2.82 bits per heavy atom. The fourth-order valence-corrected chi connectivity index (χ4v) is 2.51. The van der Waals surface area contributed by atoms with Gasteiger partial charge in [-0.05, 0) is 30.4 Å². The number of hydrogen-bond donors (Lipinski definition) is 1. The van der Waals surface area contributed by atoms with Crippen LogP contribution in [0.3, 0.4) is 0 Å². The minimum atomic E-state index is 0.412. The number of nitrogens with zero attached hydrogens (tertiary/aromatic N) is 2. The van der Waals surface area contributed by atoms with Gasteiger partial charge in [-0.25, -0.2) is 4.98 Å². The highest BCUT2D eigenvalue weighted by Crippen LogP contribution is 2.34. The van der Waals surface area contributed by atoms with Gasteiger partial charge in [0.2, 0.25) is 0 Å². The van der Waals surface area contributed by atoms with Crippen LogP contribution >= 0.6 is 0 Å². The molecule has 1 saturated heterocycles. The summed E-state index contributed by atoms with van der Waals surface area (Å²) in [4.78, 5) is 6.63. The zero-order valence-corrected chi connectivity index (χ0v) is 11.1. The van der Waals surface area contributed by atoms with Crippen LogP contribution in [0.1, 0.15) is 32.8 Å². The molecule has 0 amide bonds. The van der Waals surface area contributed by atoms with Crippen LogP contribution in [0.2, 0.25) is 0 Å². The average Bonchev–Trinajstić information content (AvgIpc) is 2.69. The van der Waals surface area contributed by atoms with Crippen molar-refractivity contribution in [1.82, 2.24) is 9.88 Å². The molecule has 0 bridgehead atoms. The molecule has 1 aliphatic rings. The molecular weight excluding hydrogens is 210 g/mol. The van der Waals surface area contributed by atoms with E-state index in [1.165, 1.54) is 19.5 Å². The molecule has 3 heteroatoms. The molecule has 0 radical (unpaired) electrons. The van der Waals surface area contributed by atoms with Crippen molar-refractivity contribution in [1.29, 1.82) is 0 Å². The standard InChI is InChI=1S/C14H23N3/c1-14(2,3)12-6-8-17(10-12)9-11-5-4-7-16-13(11)15/h4-5,7,12H,6,8-10H2,1-3H3,(H2,15,16). The zero-order valence-electron chi connectivity index (χ0n) is 11.1. The van der Waals surface area contributed by atoms with Crippen molar-refractivity contribution in [2.24, 2.45) is 11.3 Å². The molecule has 2 heterocycles. The molecule has 3 nitrogen and oxygen atoms in total. The van der Waals surface area contributed by atoms with Gasteiger partial charge >= 0.3 is 0 Å². The number of anilines is 1. The fraction of sp³-hybridized carbons (Fsp3) is 0.643. The average molecular weight is 233 g/mol. The number of nitrogens with two attached hydrogens (primary N) is 1. The lowest BCUT2D eigenvalue weighted by Gasteiger charge is -2.27. The Morgan fingerprint density at radius 1 is 1.47 bits per heavy atom. The Kier molecular flexibility index (Phi) is 3.38. The van der Waals surface area contributed by atoms with Gasteiger partial charge in [-0.3, -0.25) is 4.90 Å². The molecule has 1 unspecified atom stereocenters. The third-order valence-electron chi connectivity index (χ3n) is 3.82. The van der Waals surface area contributed by atoms with E-state index in [1.54, 1.807) is 6.20 Å². The SMILES string of the molecule is CC(C)(C)C1CCN(Cc2cccnc2N)C1. The van der Waals surface area contributed by atoms with Crippen molar-refractivity contribution in [2.45, 2.75) is 33.7 Å².